The fourth-order valence-electron chi connectivity index (χ4n) is 1.24. The molecule has 3 amide bonds. The highest BCUT2D eigenvalue weighted by molar-refractivity contribution is 5.94. The van der Waals surface area contributed by atoms with Gasteiger partial charge in [0.2, 0.25) is 5.91 Å². The Morgan fingerprint density at radius 2 is 2.00 bits per heavy atom. The number of nitrogens with zero attached hydrogens (tertiary/aromatic N) is 1. The van der Waals surface area contributed by atoms with Gasteiger partial charge >= 0.3 is 12.0 Å². The van der Waals surface area contributed by atoms with E-state index in [-0.39, 0.29) is 6.54 Å². The summed E-state index contributed by atoms with van der Waals surface area (Å²) in [7, 11) is 0. The van der Waals surface area contributed by atoms with Crippen LogP contribution in [0.3, 0.4) is 0 Å². The molecule has 0 saturated carbocycles. The fraction of sp³-hybridized carbons (Fsp3) is 0.571. The highest BCUT2D eigenvalue weighted by atomic mass is 16.4. The van der Waals surface area contributed by atoms with Crippen LogP contribution in [0.25, 0.3) is 0 Å². The number of amides is 3. The first kappa shape index (κ1) is 10.5. The number of carboxylic acid groups (broad SMARTS) is 1. The Morgan fingerprint density at radius 1 is 1.43 bits per heavy atom. The maximum absolute atomic E-state index is 10.9. The lowest BCUT2D eigenvalue weighted by molar-refractivity contribution is -0.148. The second-order valence-electron chi connectivity index (χ2n) is 3.14. The predicted octanol–water partition coefficient (Wildman–Crippen LogP) is -1.80. The van der Waals surface area contributed by atoms with E-state index < -0.39 is 23.8 Å². The molecule has 1 fully saturated rings. The molecule has 0 bridgehead atoms. The van der Waals surface area contributed by atoms with Crippen molar-refractivity contribution in [1.82, 2.24) is 10.2 Å². The topological polar surface area (TPSA) is 113 Å². The van der Waals surface area contributed by atoms with Gasteiger partial charge in [-0.25, -0.2) is 4.79 Å². The molecular formula is C7H11N3O4. The number of nitrogens with one attached hydrogen (secondary N) is 1. The number of carboxylic acids is 1. The molecule has 1 rings (SSSR count). The number of nitrogens with two attached hydrogens (primary N) is 1. The number of primary amides is 1. The van der Waals surface area contributed by atoms with Crippen LogP contribution in [0, 0.1) is 5.92 Å². The van der Waals surface area contributed by atoms with Gasteiger partial charge in [0.05, 0.1) is 12.5 Å². The van der Waals surface area contributed by atoms with Crippen molar-refractivity contribution in [2.45, 2.75) is 0 Å². The van der Waals surface area contributed by atoms with Crippen molar-refractivity contribution in [2.75, 3.05) is 19.6 Å². The second-order valence-corrected chi connectivity index (χ2v) is 3.14. The number of hydrogen-bond donors (Lipinski definition) is 3. The lowest BCUT2D eigenvalue weighted by Gasteiger charge is -2.35. The van der Waals surface area contributed by atoms with E-state index in [2.05, 4.69) is 0 Å². The minimum absolute atomic E-state index is 0.00667. The average molecular weight is 201 g/mol. The Kier molecular flexibility index (Phi) is 3.03. The number of rotatable bonds is 3. The third-order valence-corrected chi connectivity index (χ3v) is 1.94. The lowest BCUT2D eigenvalue weighted by Crippen LogP contribution is -2.54. The largest absolute Gasteiger partial charge is 0.481 e. The third kappa shape index (κ3) is 2.70. The van der Waals surface area contributed by atoms with Crippen LogP contribution in [-0.4, -0.2) is 47.5 Å². The summed E-state index contributed by atoms with van der Waals surface area (Å²) in [5.74, 6) is -1.78. The Bertz CT molecular complexity index is 272. The maximum atomic E-state index is 10.9. The molecule has 1 heterocycles. The number of likely N-dealkylation sites (tertiary alicyclic amines) is 1. The molecule has 0 aromatic rings. The monoisotopic (exact) mass is 201 g/mol. The number of urea groups is 1. The van der Waals surface area contributed by atoms with Crippen molar-refractivity contribution >= 4 is 17.9 Å². The highest BCUT2D eigenvalue weighted by Crippen LogP contribution is 2.14. The van der Waals surface area contributed by atoms with Crippen LogP contribution in [0.4, 0.5) is 4.79 Å². The van der Waals surface area contributed by atoms with Gasteiger partial charge in [-0.15, -0.1) is 0 Å². The molecule has 1 aliphatic heterocycles. The summed E-state index contributed by atoms with van der Waals surface area (Å²) < 4.78 is 0. The number of imide groups is 1. The Morgan fingerprint density at radius 3 is 2.43 bits per heavy atom. The highest BCUT2D eigenvalue weighted by Gasteiger charge is 2.33. The smallest absolute Gasteiger partial charge is 0.318 e. The molecular weight excluding hydrogens is 190 g/mol. The van der Waals surface area contributed by atoms with E-state index in [9.17, 15) is 14.4 Å². The minimum atomic E-state index is -0.898. The SMILES string of the molecule is NC(=O)NC(=O)CN1CC(C(=O)O)C1. The Hall–Kier alpha value is -1.63. The fourth-order valence-corrected chi connectivity index (χ4v) is 1.24. The molecule has 0 radical (unpaired) electrons. The molecule has 1 aliphatic rings. The van der Waals surface area contributed by atoms with Gasteiger partial charge in [0.15, 0.2) is 0 Å². The quantitative estimate of drug-likeness (QED) is 0.498. The molecule has 0 aliphatic carbocycles. The van der Waals surface area contributed by atoms with Crippen molar-refractivity contribution < 1.29 is 19.5 Å². The van der Waals surface area contributed by atoms with Gasteiger partial charge in [0.25, 0.3) is 0 Å². The van der Waals surface area contributed by atoms with Gasteiger partial charge in [-0.2, -0.15) is 0 Å². The zero-order valence-corrected chi connectivity index (χ0v) is 7.40. The molecule has 0 spiro atoms. The summed E-state index contributed by atoms with van der Waals surface area (Å²) in [5, 5.41) is 10.4. The Balaban J connectivity index is 2.19. The summed E-state index contributed by atoms with van der Waals surface area (Å²) in [6.45, 7) is 0.676. The summed E-state index contributed by atoms with van der Waals surface area (Å²) >= 11 is 0. The van der Waals surface area contributed by atoms with Crippen molar-refractivity contribution in [3.8, 4) is 0 Å². The van der Waals surface area contributed by atoms with Gasteiger partial charge in [-0.05, 0) is 0 Å². The van der Waals surface area contributed by atoms with Crippen molar-refractivity contribution in [2.24, 2.45) is 11.7 Å². The van der Waals surface area contributed by atoms with E-state index in [1.54, 1.807) is 4.90 Å². The van der Waals surface area contributed by atoms with Gasteiger partial charge in [-0.1, -0.05) is 0 Å². The summed E-state index contributed by atoms with van der Waals surface area (Å²) in [5.41, 5.74) is 4.72. The molecule has 7 heteroatoms. The molecule has 0 aromatic carbocycles. The van der Waals surface area contributed by atoms with E-state index in [0.717, 1.165) is 0 Å². The van der Waals surface area contributed by atoms with Crippen molar-refractivity contribution in [1.29, 1.82) is 0 Å². The normalized spacial score (nSPS) is 17.1. The molecule has 7 nitrogen and oxygen atoms in total. The molecule has 1 saturated heterocycles. The van der Waals surface area contributed by atoms with Gasteiger partial charge < -0.3 is 10.8 Å². The van der Waals surface area contributed by atoms with Crippen LogP contribution in [0.15, 0.2) is 0 Å². The first-order valence-corrected chi connectivity index (χ1v) is 4.03. The summed E-state index contributed by atoms with van der Waals surface area (Å²) in [6, 6.07) is -0.898. The van der Waals surface area contributed by atoms with Gasteiger partial charge in [0.1, 0.15) is 0 Å². The third-order valence-electron chi connectivity index (χ3n) is 1.94. The lowest BCUT2D eigenvalue weighted by atomic mass is 10.0. The standard InChI is InChI=1S/C7H11N3O4/c8-7(14)9-5(11)3-10-1-4(2-10)6(12)13/h4H,1-3H2,(H,12,13)(H3,8,9,11,14). The summed E-state index contributed by atoms with van der Waals surface area (Å²) in [6.07, 6.45) is 0. The van der Waals surface area contributed by atoms with E-state index in [0.29, 0.717) is 13.1 Å². The molecule has 0 atom stereocenters. The van der Waals surface area contributed by atoms with Crippen LogP contribution in [0.2, 0.25) is 0 Å². The second kappa shape index (κ2) is 4.05. The van der Waals surface area contributed by atoms with E-state index in [1.807, 2.05) is 5.32 Å². The molecule has 14 heavy (non-hydrogen) atoms. The van der Waals surface area contributed by atoms with Crippen LogP contribution in [0.1, 0.15) is 0 Å². The van der Waals surface area contributed by atoms with Crippen LogP contribution < -0.4 is 11.1 Å². The predicted molar refractivity (Wildman–Crippen MR) is 45.3 cm³/mol. The van der Waals surface area contributed by atoms with E-state index in [1.165, 1.54) is 0 Å². The average Bonchev–Trinajstić information content (AvgIpc) is 1.93. The van der Waals surface area contributed by atoms with Crippen LogP contribution in [-0.2, 0) is 9.59 Å². The maximum Gasteiger partial charge on any atom is 0.318 e. The van der Waals surface area contributed by atoms with E-state index in [4.69, 9.17) is 10.8 Å². The zero-order chi connectivity index (χ0) is 10.7. The zero-order valence-electron chi connectivity index (χ0n) is 7.40. The molecule has 0 aromatic heterocycles. The molecule has 0 unspecified atom stereocenters. The number of carbonyl (C=O) groups excluding carboxylic acids is 2. The first-order valence-electron chi connectivity index (χ1n) is 4.03. The van der Waals surface area contributed by atoms with Gasteiger partial charge in [0, 0.05) is 13.1 Å². The van der Waals surface area contributed by atoms with Crippen molar-refractivity contribution in [3.05, 3.63) is 0 Å². The minimum Gasteiger partial charge on any atom is -0.481 e. The van der Waals surface area contributed by atoms with Gasteiger partial charge in [-0.3, -0.25) is 19.8 Å². The van der Waals surface area contributed by atoms with Crippen LogP contribution in [0.5, 0.6) is 0 Å². The van der Waals surface area contributed by atoms with E-state index >= 15 is 0 Å². The summed E-state index contributed by atoms with van der Waals surface area (Å²) in [4.78, 5) is 33.2. The number of carbonyl (C=O) groups is 3. The molecule has 4 N–H and O–H groups in total. The first-order chi connectivity index (χ1) is 6.49. The van der Waals surface area contributed by atoms with Crippen LogP contribution >= 0.6 is 0 Å². The number of aliphatic carboxylic acids is 1. The Labute approximate surface area is 79.9 Å². The number of hydrogen-bond acceptors (Lipinski definition) is 4. The molecule has 78 valence electrons. The van der Waals surface area contributed by atoms with Crippen molar-refractivity contribution in [3.63, 3.8) is 0 Å².